The zero-order valence-electron chi connectivity index (χ0n) is 10.0. The molecule has 0 radical (unpaired) electrons. The summed E-state index contributed by atoms with van der Waals surface area (Å²) < 4.78 is 5.58. The van der Waals surface area contributed by atoms with Crippen molar-refractivity contribution in [1.82, 2.24) is 0 Å². The summed E-state index contributed by atoms with van der Waals surface area (Å²) in [5, 5.41) is 0. The molecule has 0 bridgehead atoms. The minimum absolute atomic E-state index is 0.808. The van der Waals surface area contributed by atoms with Gasteiger partial charge in [0, 0.05) is 0 Å². The fraction of sp³-hybridized carbons (Fsp3) is 0.467. The summed E-state index contributed by atoms with van der Waals surface area (Å²) in [6, 6.07) is 8.53. The Balaban J connectivity index is 2.03. The van der Waals surface area contributed by atoms with Gasteiger partial charge in [-0.25, -0.2) is 0 Å². The van der Waals surface area contributed by atoms with E-state index in [4.69, 9.17) is 4.74 Å². The van der Waals surface area contributed by atoms with Crippen LogP contribution in [0.1, 0.15) is 44.6 Å². The molecule has 1 nitrogen and oxygen atoms in total. The maximum absolute atomic E-state index is 5.58. The first-order valence-electron chi connectivity index (χ1n) is 6.32. The smallest absolute Gasteiger partial charge is 0.119 e. The zero-order valence-corrected chi connectivity index (χ0v) is 10.0. The van der Waals surface area contributed by atoms with E-state index in [1.807, 2.05) is 0 Å². The van der Waals surface area contributed by atoms with Gasteiger partial charge >= 0.3 is 0 Å². The van der Waals surface area contributed by atoms with Crippen LogP contribution in [0.15, 0.2) is 30.3 Å². The van der Waals surface area contributed by atoms with Crippen molar-refractivity contribution in [3.05, 3.63) is 35.9 Å². The predicted octanol–water partition coefficient (Wildman–Crippen LogP) is 4.43. The van der Waals surface area contributed by atoms with Crippen molar-refractivity contribution >= 4 is 5.57 Å². The van der Waals surface area contributed by atoms with Gasteiger partial charge in [0.1, 0.15) is 5.75 Å². The molecule has 1 aromatic rings. The van der Waals surface area contributed by atoms with Gasteiger partial charge < -0.3 is 4.74 Å². The maximum atomic E-state index is 5.58. The molecule has 0 fully saturated rings. The summed E-state index contributed by atoms with van der Waals surface area (Å²) in [5.41, 5.74) is 2.87. The molecular weight excluding hydrogens is 196 g/mol. The normalized spacial score (nSPS) is 15.7. The minimum atomic E-state index is 0.808. The number of ether oxygens (including phenoxy) is 1. The summed E-state index contributed by atoms with van der Waals surface area (Å²) in [6.07, 6.45) is 8.60. The highest BCUT2D eigenvalue weighted by Crippen LogP contribution is 2.27. The molecule has 0 aromatic heterocycles. The Kier molecular flexibility index (Phi) is 4.03. The lowest BCUT2D eigenvalue weighted by Crippen LogP contribution is -1.95. The van der Waals surface area contributed by atoms with E-state index in [1.165, 1.54) is 36.8 Å². The first-order valence-corrected chi connectivity index (χ1v) is 6.32. The van der Waals surface area contributed by atoms with Crippen molar-refractivity contribution in [1.29, 1.82) is 0 Å². The van der Waals surface area contributed by atoms with Crippen molar-refractivity contribution in [3.8, 4) is 5.75 Å². The predicted molar refractivity (Wildman–Crippen MR) is 68.7 cm³/mol. The summed E-state index contributed by atoms with van der Waals surface area (Å²) in [4.78, 5) is 0. The van der Waals surface area contributed by atoms with Gasteiger partial charge in [-0.15, -0.1) is 0 Å². The van der Waals surface area contributed by atoms with Gasteiger partial charge in [0.15, 0.2) is 0 Å². The molecule has 0 N–H and O–H groups in total. The summed E-state index contributed by atoms with van der Waals surface area (Å²) >= 11 is 0. The quantitative estimate of drug-likeness (QED) is 0.723. The van der Waals surface area contributed by atoms with Crippen molar-refractivity contribution in [2.24, 2.45) is 0 Å². The van der Waals surface area contributed by atoms with Crippen LogP contribution < -0.4 is 4.74 Å². The largest absolute Gasteiger partial charge is 0.494 e. The first-order chi connectivity index (χ1) is 7.90. The fourth-order valence-electron chi connectivity index (χ4n) is 2.09. The van der Waals surface area contributed by atoms with E-state index in [9.17, 15) is 0 Å². The summed E-state index contributed by atoms with van der Waals surface area (Å²) in [5.74, 6) is 0.988. The van der Waals surface area contributed by atoms with Crippen molar-refractivity contribution in [2.45, 2.75) is 39.0 Å². The average Bonchev–Trinajstić information content (AvgIpc) is 2.38. The third-order valence-electron chi connectivity index (χ3n) is 2.99. The second kappa shape index (κ2) is 5.74. The van der Waals surface area contributed by atoms with E-state index in [0.29, 0.717) is 0 Å². The maximum Gasteiger partial charge on any atom is 0.119 e. The average molecular weight is 216 g/mol. The van der Waals surface area contributed by atoms with Crippen LogP contribution >= 0.6 is 0 Å². The third kappa shape index (κ3) is 2.88. The topological polar surface area (TPSA) is 9.23 Å². The van der Waals surface area contributed by atoms with Crippen LogP contribution in [-0.2, 0) is 0 Å². The van der Waals surface area contributed by atoms with Crippen molar-refractivity contribution < 1.29 is 4.74 Å². The van der Waals surface area contributed by atoms with Crippen LogP contribution in [0.4, 0.5) is 0 Å². The van der Waals surface area contributed by atoms with Crippen LogP contribution in [0.3, 0.4) is 0 Å². The number of hydrogen-bond acceptors (Lipinski definition) is 1. The zero-order chi connectivity index (χ0) is 11.2. The first kappa shape index (κ1) is 11.3. The van der Waals surface area contributed by atoms with Gasteiger partial charge in [-0.05, 0) is 55.4 Å². The molecule has 0 amide bonds. The second-order valence-electron chi connectivity index (χ2n) is 4.35. The molecule has 2 rings (SSSR count). The number of allylic oxidation sites excluding steroid dienone is 2. The van der Waals surface area contributed by atoms with E-state index < -0.39 is 0 Å². The van der Waals surface area contributed by atoms with Crippen molar-refractivity contribution in [2.75, 3.05) is 6.61 Å². The number of benzene rings is 1. The van der Waals surface area contributed by atoms with Gasteiger partial charge in [0.05, 0.1) is 6.61 Å². The molecule has 1 aromatic carbocycles. The van der Waals surface area contributed by atoms with E-state index >= 15 is 0 Å². The summed E-state index contributed by atoms with van der Waals surface area (Å²) in [7, 11) is 0. The Hall–Kier alpha value is -1.24. The second-order valence-corrected chi connectivity index (χ2v) is 4.35. The number of hydrogen-bond donors (Lipinski definition) is 0. The molecule has 0 unspecified atom stereocenters. The van der Waals surface area contributed by atoms with E-state index in [1.54, 1.807) is 0 Å². The number of rotatable bonds is 4. The van der Waals surface area contributed by atoms with E-state index in [-0.39, 0.29) is 0 Å². The van der Waals surface area contributed by atoms with Crippen LogP contribution in [0.2, 0.25) is 0 Å². The molecular formula is C15H20O. The lowest BCUT2D eigenvalue weighted by Gasteiger charge is -2.13. The molecule has 0 heterocycles. The van der Waals surface area contributed by atoms with Crippen molar-refractivity contribution in [3.63, 3.8) is 0 Å². The van der Waals surface area contributed by atoms with E-state index in [0.717, 1.165) is 18.8 Å². The Labute approximate surface area is 98.1 Å². The molecule has 0 atom stereocenters. The Morgan fingerprint density at radius 1 is 1.12 bits per heavy atom. The van der Waals surface area contributed by atoms with Crippen LogP contribution in [-0.4, -0.2) is 6.61 Å². The lowest BCUT2D eigenvalue weighted by molar-refractivity contribution is 0.317. The Bertz CT molecular complexity index is 348. The lowest BCUT2D eigenvalue weighted by atomic mass is 9.94. The monoisotopic (exact) mass is 216 g/mol. The standard InChI is InChI=1S/C15H20O/c1-2-12-16-15-10-8-14(9-11-15)13-6-4-3-5-7-13/h6,8-11H,2-5,7,12H2,1H3. The molecule has 0 spiro atoms. The molecule has 0 saturated heterocycles. The highest BCUT2D eigenvalue weighted by Gasteiger charge is 2.05. The molecule has 86 valence electrons. The van der Waals surface area contributed by atoms with Crippen LogP contribution in [0.25, 0.3) is 5.57 Å². The van der Waals surface area contributed by atoms with Gasteiger partial charge in [0.2, 0.25) is 0 Å². The molecule has 1 aliphatic rings. The fourth-order valence-corrected chi connectivity index (χ4v) is 2.09. The SMILES string of the molecule is CCCOc1ccc(C2=CCCCC2)cc1. The van der Waals surface area contributed by atoms with Gasteiger partial charge in [-0.3, -0.25) is 0 Å². The highest BCUT2D eigenvalue weighted by atomic mass is 16.5. The van der Waals surface area contributed by atoms with Gasteiger partial charge in [0.25, 0.3) is 0 Å². The highest BCUT2D eigenvalue weighted by molar-refractivity contribution is 5.66. The molecule has 16 heavy (non-hydrogen) atoms. The van der Waals surface area contributed by atoms with Gasteiger partial charge in [-0.1, -0.05) is 25.1 Å². The molecule has 0 saturated carbocycles. The molecule has 1 aliphatic carbocycles. The molecule has 0 aliphatic heterocycles. The Morgan fingerprint density at radius 2 is 1.94 bits per heavy atom. The third-order valence-corrected chi connectivity index (χ3v) is 2.99. The van der Waals surface area contributed by atoms with Crippen LogP contribution in [0.5, 0.6) is 5.75 Å². The van der Waals surface area contributed by atoms with E-state index in [2.05, 4.69) is 37.3 Å². The molecule has 1 heteroatoms. The summed E-state index contributed by atoms with van der Waals surface area (Å²) in [6.45, 7) is 2.93. The van der Waals surface area contributed by atoms with Crippen LogP contribution in [0, 0.1) is 0 Å². The van der Waals surface area contributed by atoms with Gasteiger partial charge in [-0.2, -0.15) is 0 Å². The minimum Gasteiger partial charge on any atom is -0.494 e. The Morgan fingerprint density at radius 3 is 2.56 bits per heavy atom.